The van der Waals surface area contributed by atoms with Gasteiger partial charge in [-0.3, -0.25) is 9.59 Å². The molecule has 0 unspecified atom stereocenters. The van der Waals surface area contributed by atoms with Crippen molar-refractivity contribution >= 4 is 11.6 Å². The quantitative estimate of drug-likeness (QED) is 0.884. The van der Waals surface area contributed by atoms with Crippen molar-refractivity contribution in [1.82, 2.24) is 0 Å². The summed E-state index contributed by atoms with van der Waals surface area (Å²) in [6.07, 6.45) is -1.86. The Labute approximate surface area is 128 Å². The molecule has 1 aliphatic rings. The van der Waals surface area contributed by atoms with E-state index in [4.69, 9.17) is 0 Å². The van der Waals surface area contributed by atoms with E-state index in [1.807, 2.05) is 19.1 Å². The van der Waals surface area contributed by atoms with Gasteiger partial charge in [0.2, 0.25) is 0 Å². The SMILES string of the molecule is Cc1ccc(C[C@]2(O)C(=O)c3ccccc3C(=O)[C@H]2O)cc1. The first-order chi connectivity index (χ1) is 10.4. The number of aryl methyl sites for hydroxylation is 1. The van der Waals surface area contributed by atoms with Crippen LogP contribution in [0.4, 0.5) is 0 Å². The third-order valence-electron chi connectivity index (χ3n) is 4.13. The largest absolute Gasteiger partial charge is 0.381 e. The molecule has 0 spiro atoms. The minimum atomic E-state index is -2.12. The number of carbonyl (C=O) groups excluding carboxylic acids is 2. The summed E-state index contributed by atoms with van der Waals surface area (Å²) in [5.41, 5.74) is -0.0675. The Balaban J connectivity index is 2.04. The number of hydrogen-bond acceptors (Lipinski definition) is 4. The van der Waals surface area contributed by atoms with Gasteiger partial charge in [0.15, 0.2) is 23.3 Å². The zero-order valence-corrected chi connectivity index (χ0v) is 12.1. The highest BCUT2D eigenvalue weighted by molar-refractivity contribution is 6.20. The van der Waals surface area contributed by atoms with Crippen molar-refractivity contribution in [3.05, 3.63) is 70.8 Å². The molecule has 0 aromatic heterocycles. The standard InChI is InChI=1S/C18H16O4/c1-11-6-8-12(9-7-11)10-18(22)16(20)14-5-3-2-4-13(14)15(19)17(18)21/h2-9,17,21-22H,10H2,1H3/t17-,18+/m1/s1. The summed E-state index contributed by atoms with van der Waals surface area (Å²) >= 11 is 0. The molecule has 0 heterocycles. The molecule has 2 aromatic carbocycles. The van der Waals surface area contributed by atoms with Crippen LogP contribution in [0, 0.1) is 6.92 Å². The first kappa shape index (κ1) is 14.6. The Morgan fingerprint density at radius 2 is 1.59 bits per heavy atom. The van der Waals surface area contributed by atoms with E-state index in [0.717, 1.165) is 5.56 Å². The van der Waals surface area contributed by atoms with Gasteiger partial charge in [-0.05, 0) is 12.5 Å². The van der Waals surface area contributed by atoms with E-state index in [2.05, 4.69) is 0 Å². The molecule has 22 heavy (non-hydrogen) atoms. The van der Waals surface area contributed by atoms with Crippen LogP contribution in [0.3, 0.4) is 0 Å². The van der Waals surface area contributed by atoms with Crippen molar-refractivity contribution in [3.63, 3.8) is 0 Å². The second kappa shape index (κ2) is 5.16. The van der Waals surface area contributed by atoms with Gasteiger partial charge in [-0.25, -0.2) is 0 Å². The van der Waals surface area contributed by atoms with Gasteiger partial charge >= 0.3 is 0 Å². The molecule has 1 aliphatic carbocycles. The fourth-order valence-corrected chi connectivity index (χ4v) is 2.81. The molecule has 0 bridgehead atoms. The van der Waals surface area contributed by atoms with Gasteiger partial charge in [0.05, 0.1) is 0 Å². The molecule has 2 aromatic rings. The Morgan fingerprint density at radius 3 is 2.23 bits per heavy atom. The topological polar surface area (TPSA) is 74.6 Å². The summed E-state index contributed by atoms with van der Waals surface area (Å²) in [5, 5.41) is 20.9. The number of ketones is 2. The second-order valence-electron chi connectivity index (χ2n) is 5.73. The summed E-state index contributed by atoms with van der Waals surface area (Å²) < 4.78 is 0. The number of carbonyl (C=O) groups is 2. The zero-order valence-electron chi connectivity index (χ0n) is 12.1. The normalized spacial score (nSPS) is 24.2. The van der Waals surface area contributed by atoms with E-state index >= 15 is 0 Å². The summed E-state index contributed by atoms with van der Waals surface area (Å²) in [7, 11) is 0. The lowest BCUT2D eigenvalue weighted by molar-refractivity contribution is -0.0404. The van der Waals surface area contributed by atoms with Gasteiger partial charge < -0.3 is 10.2 Å². The number of benzene rings is 2. The van der Waals surface area contributed by atoms with E-state index in [1.165, 1.54) is 12.1 Å². The van der Waals surface area contributed by atoms with Crippen LogP contribution in [-0.4, -0.2) is 33.5 Å². The molecule has 0 saturated heterocycles. The fourth-order valence-electron chi connectivity index (χ4n) is 2.81. The molecule has 0 saturated carbocycles. The van der Waals surface area contributed by atoms with E-state index in [1.54, 1.807) is 24.3 Å². The van der Waals surface area contributed by atoms with Gasteiger partial charge in [0.25, 0.3) is 0 Å². The van der Waals surface area contributed by atoms with E-state index in [0.29, 0.717) is 5.56 Å². The monoisotopic (exact) mass is 296 g/mol. The Morgan fingerprint density at radius 1 is 1.00 bits per heavy atom. The van der Waals surface area contributed by atoms with Gasteiger partial charge in [-0.2, -0.15) is 0 Å². The van der Waals surface area contributed by atoms with Crippen LogP contribution >= 0.6 is 0 Å². The van der Waals surface area contributed by atoms with Crippen molar-refractivity contribution in [1.29, 1.82) is 0 Å². The van der Waals surface area contributed by atoms with Crippen LogP contribution in [0.1, 0.15) is 31.8 Å². The fraction of sp³-hybridized carbons (Fsp3) is 0.222. The first-order valence-electron chi connectivity index (χ1n) is 7.07. The lowest BCUT2D eigenvalue weighted by atomic mass is 9.73. The van der Waals surface area contributed by atoms with Gasteiger partial charge in [0.1, 0.15) is 0 Å². The molecule has 0 radical (unpaired) electrons. The molecular formula is C18H16O4. The summed E-state index contributed by atoms with van der Waals surface area (Å²) in [4.78, 5) is 24.9. The first-order valence-corrected chi connectivity index (χ1v) is 7.07. The summed E-state index contributed by atoms with van der Waals surface area (Å²) in [6, 6.07) is 13.5. The molecule has 4 heteroatoms. The molecule has 0 fully saturated rings. The van der Waals surface area contributed by atoms with Crippen molar-refractivity contribution in [3.8, 4) is 0 Å². The minimum Gasteiger partial charge on any atom is -0.381 e. The van der Waals surface area contributed by atoms with Crippen molar-refractivity contribution in [2.24, 2.45) is 0 Å². The third kappa shape index (κ3) is 2.17. The number of rotatable bonds is 2. The van der Waals surface area contributed by atoms with Crippen LogP contribution in [0.5, 0.6) is 0 Å². The van der Waals surface area contributed by atoms with Crippen molar-refractivity contribution in [2.45, 2.75) is 25.0 Å². The van der Waals surface area contributed by atoms with Gasteiger partial charge in [-0.15, -0.1) is 0 Å². The molecule has 4 nitrogen and oxygen atoms in total. The van der Waals surface area contributed by atoms with Gasteiger partial charge in [-0.1, -0.05) is 54.1 Å². The van der Waals surface area contributed by atoms with E-state index in [9.17, 15) is 19.8 Å². The van der Waals surface area contributed by atoms with Crippen molar-refractivity contribution < 1.29 is 19.8 Å². The van der Waals surface area contributed by atoms with Crippen LogP contribution in [0.2, 0.25) is 0 Å². The number of Topliss-reactive ketones (excluding diaryl/α,β-unsaturated/α-hetero) is 2. The lowest BCUT2D eigenvalue weighted by Crippen LogP contribution is -2.58. The Hall–Kier alpha value is -2.30. The molecule has 0 amide bonds. The van der Waals surface area contributed by atoms with Crippen LogP contribution in [0.15, 0.2) is 48.5 Å². The average molecular weight is 296 g/mol. The lowest BCUT2D eigenvalue weighted by Gasteiger charge is -2.35. The molecule has 3 rings (SSSR count). The Bertz CT molecular complexity index is 748. The predicted molar refractivity (Wildman–Crippen MR) is 80.9 cm³/mol. The summed E-state index contributed by atoms with van der Waals surface area (Å²) in [5.74, 6) is -1.24. The average Bonchev–Trinajstić information content (AvgIpc) is 2.53. The maximum absolute atomic E-state index is 12.6. The van der Waals surface area contributed by atoms with E-state index in [-0.39, 0.29) is 17.5 Å². The number of aliphatic hydroxyl groups excluding tert-OH is 1. The molecule has 2 N–H and O–H groups in total. The smallest absolute Gasteiger partial charge is 0.198 e. The molecular weight excluding hydrogens is 280 g/mol. The van der Waals surface area contributed by atoms with Gasteiger partial charge in [0, 0.05) is 17.5 Å². The predicted octanol–water partition coefficient (Wildman–Crippen LogP) is 1.71. The molecule has 112 valence electrons. The maximum atomic E-state index is 12.6. The Kier molecular flexibility index (Phi) is 3.43. The highest BCUT2D eigenvalue weighted by Crippen LogP contribution is 2.32. The maximum Gasteiger partial charge on any atom is 0.198 e. The van der Waals surface area contributed by atoms with Crippen LogP contribution in [0.25, 0.3) is 0 Å². The number of aliphatic hydroxyl groups is 2. The third-order valence-corrected chi connectivity index (χ3v) is 4.13. The zero-order chi connectivity index (χ0) is 15.9. The van der Waals surface area contributed by atoms with Crippen LogP contribution < -0.4 is 0 Å². The second-order valence-corrected chi connectivity index (χ2v) is 5.73. The van der Waals surface area contributed by atoms with Crippen LogP contribution in [-0.2, 0) is 6.42 Å². The molecule has 2 atom stereocenters. The highest BCUT2D eigenvalue weighted by Gasteiger charge is 2.52. The minimum absolute atomic E-state index is 0.104. The number of fused-ring (bicyclic) bond motifs is 1. The van der Waals surface area contributed by atoms with Crippen molar-refractivity contribution in [2.75, 3.05) is 0 Å². The molecule has 0 aliphatic heterocycles. The number of hydrogen-bond donors (Lipinski definition) is 2. The highest BCUT2D eigenvalue weighted by atomic mass is 16.4. The summed E-state index contributed by atoms with van der Waals surface area (Å²) in [6.45, 7) is 1.93. The van der Waals surface area contributed by atoms with E-state index < -0.39 is 23.3 Å².